The zero-order chi connectivity index (χ0) is 22.5. The topological polar surface area (TPSA) is 53.0 Å². The van der Waals surface area contributed by atoms with E-state index in [1.807, 2.05) is 75.4 Å². The van der Waals surface area contributed by atoms with Crippen molar-refractivity contribution >= 4 is 52.2 Å². The molecule has 3 aromatic rings. The van der Waals surface area contributed by atoms with Crippen LogP contribution < -0.4 is 21.2 Å². The fraction of sp³-hybridized carbons (Fsp3) is 0.154. The fourth-order valence-electron chi connectivity index (χ4n) is 3.43. The molecule has 0 bridgehead atoms. The van der Waals surface area contributed by atoms with Gasteiger partial charge in [0.1, 0.15) is 15.9 Å². The average molecular weight is 446 g/mol. The Bertz CT molecular complexity index is 1020. The summed E-state index contributed by atoms with van der Waals surface area (Å²) in [6.07, 6.45) is 0. The van der Waals surface area contributed by atoms with Gasteiger partial charge in [-0.05, 0) is 36.4 Å². The van der Waals surface area contributed by atoms with Gasteiger partial charge in [0.25, 0.3) is 0 Å². The molecule has 0 saturated heterocycles. The Morgan fingerprint density at radius 3 is 1.45 bits per heavy atom. The molecular formula is C26H26N2OPS+. The number of hydrogen-bond acceptors (Lipinski definition) is 3. The van der Waals surface area contributed by atoms with Crippen molar-refractivity contribution in [1.82, 2.24) is 5.32 Å². The maximum atomic E-state index is 12.7. The molecule has 0 radical (unpaired) electrons. The minimum Gasteiger partial charge on any atom is -0.313 e. The maximum absolute atomic E-state index is 12.7. The quantitative estimate of drug-likeness (QED) is 0.261. The number of nitrogens with one attached hydrogen (secondary N) is 2. The Kier molecular flexibility index (Phi) is 6.97. The van der Waals surface area contributed by atoms with E-state index >= 15 is 0 Å². The number of hydrogen-bond donors (Lipinski definition) is 2. The number of carbonyl (C=O) groups is 1. The van der Waals surface area contributed by atoms with Gasteiger partial charge in [-0.25, -0.2) is 0 Å². The molecular weight excluding hydrogens is 419 g/mol. The molecule has 3 rings (SSSR count). The van der Waals surface area contributed by atoms with Crippen molar-refractivity contribution in [3.63, 3.8) is 0 Å². The summed E-state index contributed by atoms with van der Waals surface area (Å²) in [7, 11) is -2.57. The number of amides is 1. The van der Waals surface area contributed by atoms with Gasteiger partial charge in [0.05, 0.1) is 0 Å². The molecule has 0 aliphatic heterocycles. The lowest BCUT2D eigenvalue weighted by molar-refractivity contribution is -0.126. The number of benzene rings is 3. The Balaban J connectivity index is 2.33. The molecule has 31 heavy (non-hydrogen) atoms. The first-order valence-corrected chi connectivity index (χ1v) is 12.2. The van der Waals surface area contributed by atoms with Crippen LogP contribution in [0.3, 0.4) is 0 Å². The third-order valence-electron chi connectivity index (χ3n) is 5.01. The minimum absolute atomic E-state index is 0.183. The lowest BCUT2D eigenvalue weighted by Crippen LogP contribution is -2.42. The second-order valence-corrected chi connectivity index (χ2v) is 11.9. The van der Waals surface area contributed by atoms with Gasteiger partial charge >= 0.3 is 0 Å². The molecule has 0 fully saturated rings. The van der Waals surface area contributed by atoms with Crippen LogP contribution in [0.1, 0.15) is 20.8 Å². The summed E-state index contributed by atoms with van der Waals surface area (Å²) in [5.41, 5.74) is -0.607. The molecule has 0 aliphatic carbocycles. The van der Waals surface area contributed by atoms with E-state index in [2.05, 4.69) is 47.6 Å². The summed E-state index contributed by atoms with van der Waals surface area (Å²) in [5.74, 6) is 2.47. The summed E-state index contributed by atoms with van der Waals surface area (Å²) in [5, 5.41) is 14.9. The van der Waals surface area contributed by atoms with E-state index in [-0.39, 0.29) is 10.9 Å². The molecule has 0 spiro atoms. The lowest BCUT2D eigenvalue weighted by Gasteiger charge is -2.29. The number of rotatable bonds is 5. The third-order valence-corrected chi connectivity index (χ3v) is 9.69. The van der Waals surface area contributed by atoms with Crippen LogP contribution in [0.4, 0.5) is 0 Å². The van der Waals surface area contributed by atoms with Crippen LogP contribution in [-0.4, -0.2) is 16.8 Å². The van der Waals surface area contributed by atoms with Crippen LogP contribution in [0.2, 0.25) is 0 Å². The van der Waals surface area contributed by atoms with Crippen molar-refractivity contribution < 1.29 is 4.79 Å². The van der Waals surface area contributed by atoms with Crippen LogP contribution >= 0.6 is 19.5 Å². The van der Waals surface area contributed by atoms with Crippen molar-refractivity contribution in [2.45, 2.75) is 20.8 Å². The highest BCUT2D eigenvalue weighted by molar-refractivity contribution is 8.01. The van der Waals surface area contributed by atoms with Crippen molar-refractivity contribution in [3.05, 3.63) is 96.3 Å². The molecule has 3 aromatic carbocycles. The number of thiocarbonyl (C=S) groups is 1. The van der Waals surface area contributed by atoms with Crippen molar-refractivity contribution in [3.8, 4) is 0 Å². The molecule has 0 saturated carbocycles. The molecule has 0 atom stereocenters. The van der Waals surface area contributed by atoms with Gasteiger partial charge in [0, 0.05) is 11.3 Å². The Labute approximate surface area is 190 Å². The summed E-state index contributed by atoms with van der Waals surface area (Å²) < 4.78 is 0. The van der Waals surface area contributed by atoms with Gasteiger partial charge in [0.15, 0.2) is 12.3 Å². The van der Waals surface area contributed by atoms with Gasteiger partial charge in [-0.2, -0.15) is 0 Å². The van der Waals surface area contributed by atoms with E-state index in [1.54, 1.807) is 0 Å². The fourth-order valence-corrected chi connectivity index (χ4v) is 8.04. The molecule has 0 aliphatic rings. The van der Waals surface area contributed by atoms with Gasteiger partial charge in [-0.1, -0.05) is 87.6 Å². The average Bonchev–Trinajstić information content (AvgIpc) is 2.78. The first-order chi connectivity index (χ1) is 14.8. The van der Waals surface area contributed by atoms with E-state index in [0.717, 1.165) is 15.9 Å². The maximum Gasteiger partial charge on any atom is 0.230 e. The highest BCUT2D eigenvalue weighted by Crippen LogP contribution is 2.61. The molecule has 1 amide bonds. The molecule has 3 nitrogen and oxygen atoms in total. The summed E-state index contributed by atoms with van der Waals surface area (Å²) >= 11 is 5.74. The summed E-state index contributed by atoms with van der Waals surface area (Å²) in [6.45, 7) is 5.52. The third kappa shape index (κ3) is 4.57. The van der Waals surface area contributed by atoms with Crippen LogP contribution in [0.5, 0.6) is 0 Å². The highest BCUT2D eigenvalue weighted by atomic mass is 32.1. The Morgan fingerprint density at radius 1 is 0.806 bits per heavy atom. The monoisotopic (exact) mass is 445 g/mol. The van der Waals surface area contributed by atoms with Crippen molar-refractivity contribution in [1.29, 1.82) is 5.41 Å². The van der Waals surface area contributed by atoms with E-state index in [9.17, 15) is 4.79 Å². The van der Waals surface area contributed by atoms with Crippen LogP contribution in [-0.2, 0) is 4.79 Å². The first-order valence-electron chi connectivity index (χ1n) is 10.0. The smallest absolute Gasteiger partial charge is 0.230 e. The Morgan fingerprint density at radius 2 is 1.16 bits per heavy atom. The highest BCUT2D eigenvalue weighted by Gasteiger charge is 2.52. The summed E-state index contributed by atoms with van der Waals surface area (Å²) in [6, 6.07) is 30.3. The predicted molar refractivity (Wildman–Crippen MR) is 137 cm³/mol. The molecule has 2 N–H and O–H groups in total. The van der Waals surface area contributed by atoms with Gasteiger partial charge in [0.2, 0.25) is 11.2 Å². The molecule has 5 heteroatoms. The largest absolute Gasteiger partial charge is 0.313 e. The molecule has 0 aromatic heterocycles. The molecule has 0 unspecified atom stereocenters. The van der Waals surface area contributed by atoms with E-state index in [4.69, 9.17) is 17.6 Å². The van der Waals surface area contributed by atoms with E-state index in [0.29, 0.717) is 5.31 Å². The SMILES string of the molecule is CC(C)(C)C(=O)NC(=S)C(=C=N)[P+](c1ccccc1)(c1ccccc1)c1ccccc1. The van der Waals surface area contributed by atoms with Crippen molar-refractivity contribution in [2.75, 3.05) is 0 Å². The van der Waals surface area contributed by atoms with Crippen molar-refractivity contribution in [2.24, 2.45) is 5.41 Å². The summed E-state index contributed by atoms with van der Waals surface area (Å²) in [4.78, 5) is 13.0. The Hall–Kier alpha value is -2.90. The lowest BCUT2D eigenvalue weighted by atomic mass is 9.96. The second kappa shape index (κ2) is 9.49. The minimum atomic E-state index is -2.57. The van der Waals surface area contributed by atoms with E-state index in [1.165, 1.54) is 0 Å². The normalized spacial score (nSPS) is 11.3. The zero-order valence-electron chi connectivity index (χ0n) is 17.9. The van der Waals surface area contributed by atoms with Crippen LogP contribution in [0.25, 0.3) is 0 Å². The first kappa shape index (κ1) is 22.8. The van der Waals surface area contributed by atoms with Crippen LogP contribution in [0, 0.1) is 10.8 Å². The van der Waals surface area contributed by atoms with E-state index < -0.39 is 12.7 Å². The number of carbonyl (C=O) groups excluding carboxylic acids is 1. The molecule has 0 heterocycles. The van der Waals surface area contributed by atoms with Gasteiger partial charge < -0.3 is 5.32 Å². The predicted octanol–water partition coefficient (Wildman–Crippen LogP) is 4.60. The van der Waals surface area contributed by atoms with Crippen LogP contribution in [0.15, 0.2) is 96.3 Å². The standard InChI is InChI=1S/C26H25N2OPS/c1-26(2,3)25(29)28-24(31)23(19-27)30(20-13-7-4-8-14-20,21-15-9-5-10-16-21)22-17-11-6-12-18-22/h4-18,27H,1-3H3/p+1. The zero-order valence-corrected chi connectivity index (χ0v) is 19.6. The second-order valence-electron chi connectivity index (χ2n) is 8.18. The van der Waals surface area contributed by atoms with Gasteiger partial charge in [-0.15, -0.1) is 0 Å². The van der Waals surface area contributed by atoms with Gasteiger partial charge in [-0.3, -0.25) is 10.2 Å². The molecule has 156 valence electrons.